The summed E-state index contributed by atoms with van der Waals surface area (Å²) >= 11 is 0. The fourth-order valence-electron chi connectivity index (χ4n) is 1.86. The molecule has 112 valence electrons. The van der Waals surface area contributed by atoms with Crippen molar-refractivity contribution in [2.75, 3.05) is 11.9 Å². The van der Waals surface area contributed by atoms with Gasteiger partial charge in [-0.25, -0.2) is 18.4 Å². The smallest absolute Gasteiger partial charge is 0.337 e. The largest absolute Gasteiger partial charge is 0.478 e. The van der Waals surface area contributed by atoms with Crippen molar-refractivity contribution in [2.45, 2.75) is 31.6 Å². The number of rotatable bonds is 7. The minimum Gasteiger partial charge on any atom is -0.478 e. The van der Waals surface area contributed by atoms with Crippen LogP contribution in [0.5, 0.6) is 0 Å². The van der Waals surface area contributed by atoms with Gasteiger partial charge in [0.05, 0.1) is 10.5 Å². The molecule has 0 bridgehead atoms. The van der Waals surface area contributed by atoms with Gasteiger partial charge >= 0.3 is 5.97 Å². The molecule has 4 N–H and O–H groups in total. The lowest BCUT2D eigenvalue weighted by molar-refractivity contribution is 0.0697. The van der Waals surface area contributed by atoms with Crippen LogP contribution >= 0.6 is 0 Å². The summed E-state index contributed by atoms with van der Waals surface area (Å²) in [5.41, 5.74) is 0.305. The van der Waals surface area contributed by atoms with Crippen LogP contribution in [0, 0.1) is 5.92 Å². The minimum absolute atomic E-state index is 0.0949. The third kappa shape index (κ3) is 4.21. The van der Waals surface area contributed by atoms with Crippen molar-refractivity contribution in [1.82, 2.24) is 0 Å². The molecule has 0 unspecified atom stereocenters. The normalized spacial score (nSPS) is 11.6. The van der Waals surface area contributed by atoms with Crippen molar-refractivity contribution in [3.63, 3.8) is 0 Å². The Labute approximate surface area is 119 Å². The van der Waals surface area contributed by atoms with Gasteiger partial charge in [0.15, 0.2) is 0 Å². The zero-order valence-electron chi connectivity index (χ0n) is 11.6. The van der Waals surface area contributed by atoms with Gasteiger partial charge in [-0.15, -0.1) is 0 Å². The first-order valence-electron chi connectivity index (χ1n) is 6.43. The Kier molecular flexibility index (Phi) is 5.52. The maximum Gasteiger partial charge on any atom is 0.337 e. The number of benzene rings is 1. The Balaban J connectivity index is 3.05. The number of hydrogen-bond acceptors (Lipinski definition) is 4. The monoisotopic (exact) mass is 300 g/mol. The van der Waals surface area contributed by atoms with Crippen LogP contribution in [-0.2, 0) is 10.0 Å². The average Bonchev–Trinajstić information content (AvgIpc) is 2.38. The fourth-order valence-corrected chi connectivity index (χ4v) is 2.40. The summed E-state index contributed by atoms with van der Waals surface area (Å²) in [7, 11) is -3.91. The number of carbonyl (C=O) groups is 1. The molecule has 1 rings (SSSR count). The zero-order chi connectivity index (χ0) is 15.3. The van der Waals surface area contributed by atoms with Crippen LogP contribution in [0.1, 0.15) is 37.0 Å². The van der Waals surface area contributed by atoms with Crippen molar-refractivity contribution in [3.8, 4) is 0 Å². The SMILES string of the molecule is CCC(CC)CNc1ccc(S(N)(=O)=O)cc1C(=O)O. The quantitative estimate of drug-likeness (QED) is 0.712. The molecule has 7 heteroatoms. The first-order chi connectivity index (χ1) is 9.29. The predicted molar refractivity (Wildman–Crippen MR) is 77.3 cm³/mol. The highest BCUT2D eigenvalue weighted by atomic mass is 32.2. The molecule has 0 heterocycles. The van der Waals surface area contributed by atoms with E-state index in [9.17, 15) is 13.2 Å². The van der Waals surface area contributed by atoms with Gasteiger partial charge in [0, 0.05) is 12.2 Å². The Bertz CT molecular complexity index is 580. The van der Waals surface area contributed by atoms with E-state index in [0.29, 0.717) is 18.2 Å². The van der Waals surface area contributed by atoms with E-state index in [4.69, 9.17) is 10.2 Å². The molecule has 20 heavy (non-hydrogen) atoms. The van der Waals surface area contributed by atoms with E-state index < -0.39 is 16.0 Å². The zero-order valence-corrected chi connectivity index (χ0v) is 12.4. The van der Waals surface area contributed by atoms with E-state index in [1.165, 1.54) is 12.1 Å². The number of carboxylic acid groups (broad SMARTS) is 1. The Morgan fingerprint density at radius 3 is 2.40 bits per heavy atom. The number of hydrogen-bond donors (Lipinski definition) is 3. The summed E-state index contributed by atoms with van der Waals surface area (Å²) in [6, 6.07) is 3.81. The molecule has 0 saturated heterocycles. The van der Waals surface area contributed by atoms with Crippen molar-refractivity contribution in [3.05, 3.63) is 23.8 Å². The molecule has 0 atom stereocenters. The highest BCUT2D eigenvalue weighted by molar-refractivity contribution is 7.89. The van der Waals surface area contributed by atoms with Crippen LogP contribution in [0.15, 0.2) is 23.1 Å². The second-order valence-electron chi connectivity index (χ2n) is 4.62. The van der Waals surface area contributed by atoms with Crippen molar-refractivity contribution < 1.29 is 18.3 Å². The maximum absolute atomic E-state index is 11.2. The van der Waals surface area contributed by atoms with Crippen LogP contribution in [0.25, 0.3) is 0 Å². The molecule has 1 aromatic rings. The van der Waals surface area contributed by atoms with Gasteiger partial charge in [-0.1, -0.05) is 26.7 Å². The summed E-state index contributed by atoms with van der Waals surface area (Å²) in [4.78, 5) is 11.0. The van der Waals surface area contributed by atoms with Gasteiger partial charge in [-0.05, 0) is 24.1 Å². The lowest BCUT2D eigenvalue weighted by Crippen LogP contribution is -2.17. The van der Waals surface area contributed by atoms with Gasteiger partial charge < -0.3 is 10.4 Å². The van der Waals surface area contributed by atoms with Crippen LogP contribution in [0.2, 0.25) is 0 Å². The second kappa shape index (κ2) is 6.71. The first kappa shape index (κ1) is 16.5. The van der Waals surface area contributed by atoms with E-state index in [0.717, 1.165) is 18.9 Å². The van der Waals surface area contributed by atoms with Crippen molar-refractivity contribution in [1.29, 1.82) is 0 Å². The van der Waals surface area contributed by atoms with Crippen molar-refractivity contribution >= 4 is 21.7 Å². The molecule has 6 nitrogen and oxygen atoms in total. The topological polar surface area (TPSA) is 109 Å². The highest BCUT2D eigenvalue weighted by Crippen LogP contribution is 2.21. The van der Waals surface area contributed by atoms with E-state index in [1.54, 1.807) is 0 Å². The summed E-state index contributed by atoms with van der Waals surface area (Å²) in [6.07, 6.45) is 1.97. The molecule has 0 saturated carbocycles. The van der Waals surface area contributed by atoms with Gasteiger partial charge in [-0.2, -0.15) is 0 Å². The number of nitrogens with two attached hydrogens (primary N) is 1. The van der Waals surface area contributed by atoms with Crippen molar-refractivity contribution in [2.24, 2.45) is 11.1 Å². The molecule has 0 aromatic heterocycles. The highest BCUT2D eigenvalue weighted by Gasteiger charge is 2.16. The van der Waals surface area contributed by atoms with Crippen LogP contribution in [-0.4, -0.2) is 26.0 Å². The molecular weight excluding hydrogens is 280 g/mol. The number of sulfonamides is 1. The molecule has 0 fully saturated rings. The van der Waals surface area contributed by atoms with Gasteiger partial charge in [0.25, 0.3) is 0 Å². The lowest BCUT2D eigenvalue weighted by Gasteiger charge is -2.16. The van der Waals surface area contributed by atoms with E-state index in [2.05, 4.69) is 19.2 Å². The van der Waals surface area contributed by atoms with E-state index in [1.807, 2.05) is 0 Å². The summed E-state index contributed by atoms with van der Waals surface area (Å²) < 4.78 is 22.5. The third-order valence-electron chi connectivity index (χ3n) is 3.29. The summed E-state index contributed by atoms with van der Waals surface area (Å²) in [5.74, 6) is -0.753. The molecule has 0 spiro atoms. The second-order valence-corrected chi connectivity index (χ2v) is 6.18. The Hall–Kier alpha value is -1.60. The average molecular weight is 300 g/mol. The number of aromatic carboxylic acids is 1. The Morgan fingerprint density at radius 1 is 1.35 bits per heavy atom. The van der Waals surface area contributed by atoms with E-state index in [-0.39, 0.29) is 10.5 Å². The molecule has 1 aromatic carbocycles. The molecule has 0 aliphatic heterocycles. The third-order valence-corrected chi connectivity index (χ3v) is 4.20. The predicted octanol–water partition coefficient (Wildman–Crippen LogP) is 1.88. The first-order valence-corrected chi connectivity index (χ1v) is 7.98. The van der Waals surface area contributed by atoms with Gasteiger partial charge in [0.1, 0.15) is 0 Å². The Morgan fingerprint density at radius 2 is 1.95 bits per heavy atom. The molecule has 0 amide bonds. The van der Waals surface area contributed by atoms with E-state index >= 15 is 0 Å². The maximum atomic E-state index is 11.2. The number of nitrogens with one attached hydrogen (secondary N) is 1. The number of primary sulfonamides is 1. The molecule has 0 aliphatic carbocycles. The van der Waals surface area contributed by atoms with Crippen LogP contribution < -0.4 is 10.5 Å². The summed E-state index contributed by atoms with van der Waals surface area (Å²) in [6.45, 7) is 4.78. The van der Waals surface area contributed by atoms with Gasteiger partial charge in [0.2, 0.25) is 10.0 Å². The fraction of sp³-hybridized carbons (Fsp3) is 0.462. The van der Waals surface area contributed by atoms with Gasteiger partial charge in [-0.3, -0.25) is 0 Å². The van der Waals surface area contributed by atoms with Crippen LogP contribution in [0.3, 0.4) is 0 Å². The summed E-state index contributed by atoms with van der Waals surface area (Å²) in [5, 5.41) is 17.2. The lowest BCUT2D eigenvalue weighted by atomic mass is 10.0. The number of anilines is 1. The molecule has 0 aliphatic rings. The molecule has 0 radical (unpaired) electrons. The minimum atomic E-state index is -3.91. The standard InChI is InChI=1S/C13H20N2O4S/c1-3-9(4-2)8-15-12-6-5-10(20(14,18)19)7-11(12)13(16)17/h5-7,9,15H,3-4,8H2,1-2H3,(H,16,17)(H2,14,18,19). The molecular formula is C13H20N2O4S. The van der Waals surface area contributed by atoms with Crippen LogP contribution in [0.4, 0.5) is 5.69 Å². The number of carboxylic acids is 1.